The van der Waals surface area contributed by atoms with Crippen LogP contribution in [0.2, 0.25) is 0 Å². The fraction of sp³-hybridized carbons (Fsp3) is 0.750. The molecule has 106 valence electrons. The van der Waals surface area contributed by atoms with E-state index in [0.29, 0.717) is 0 Å². The SMILES string of the molecule is C=CCC(CCCC)SSC(CC=C)CCCC. The Labute approximate surface area is 122 Å². The summed E-state index contributed by atoms with van der Waals surface area (Å²) in [6.07, 6.45) is 14.4. The number of hydrogen-bond acceptors (Lipinski definition) is 2. The molecule has 2 heteroatoms. The zero-order chi connectivity index (χ0) is 13.6. The number of unbranched alkanes of at least 4 members (excludes halogenated alkanes) is 2. The van der Waals surface area contributed by atoms with Crippen molar-refractivity contribution in [1.82, 2.24) is 0 Å². The van der Waals surface area contributed by atoms with Gasteiger partial charge in [-0.2, -0.15) is 0 Å². The lowest BCUT2D eigenvalue weighted by Gasteiger charge is -2.18. The lowest BCUT2D eigenvalue weighted by Crippen LogP contribution is -2.04. The zero-order valence-corrected chi connectivity index (χ0v) is 13.8. The third kappa shape index (κ3) is 10.1. The van der Waals surface area contributed by atoms with E-state index in [-0.39, 0.29) is 0 Å². The van der Waals surface area contributed by atoms with Crippen molar-refractivity contribution in [2.75, 3.05) is 0 Å². The molecule has 0 aliphatic rings. The highest BCUT2D eigenvalue weighted by atomic mass is 33.1. The summed E-state index contributed by atoms with van der Waals surface area (Å²) in [6.45, 7) is 12.3. The molecule has 0 aromatic rings. The van der Waals surface area contributed by atoms with E-state index in [0.717, 1.165) is 23.3 Å². The molecule has 0 aromatic carbocycles. The average Bonchev–Trinajstić information content (AvgIpc) is 2.38. The molecular weight excluding hydrogens is 256 g/mol. The second kappa shape index (κ2) is 13.6. The van der Waals surface area contributed by atoms with E-state index in [9.17, 15) is 0 Å². The van der Waals surface area contributed by atoms with Crippen LogP contribution < -0.4 is 0 Å². The molecule has 0 aromatic heterocycles. The fourth-order valence-corrected chi connectivity index (χ4v) is 5.06. The van der Waals surface area contributed by atoms with E-state index in [1.807, 2.05) is 0 Å². The molecule has 0 rings (SSSR count). The Morgan fingerprint density at radius 3 is 1.50 bits per heavy atom. The van der Waals surface area contributed by atoms with Crippen LogP contribution in [0, 0.1) is 0 Å². The Kier molecular flexibility index (Phi) is 13.7. The summed E-state index contributed by atoms with van der Waals surface area (Å²) in [5.74, 6) is 0. The third-order valence-electron chi connectivity index (χ3n) is 2.95. The van der Waals surface area contributed by atoms with Crippen molar-refractivity contribution in [3.05, 3.63) is 25.3 Å². The summed E-state index contributed by atoms with van der Waals surface area (Å²) in [5, 5.41) is 1.50. The van der Waals surface area contributed by atoms with Crippen molar-refractivity contribution in [3.63, 3.8) is 0 Å². The van der Waals surface area contributed by atoms with Gasteiger partial charge in [0, 0.05) is 10.5 Å². The van der Waals surface area contributed by atoms with Crippen LogP contribution in [-0.4, -0.2) is 10.5 Å². The van der Waals surface area contributed by atoms with Gasteiger partial charge in [0.15, 0.2) is 0 Å². The van der Waals surface area contributed by atoms with Crippen LogP contribution >= 0.6 is 21.6 Å². The minimum absolute atomic E-state index is 0.751. The molecule has 0 heterocycles. The number of allylic oxidation sites excluding steroid dienone is 2. The predicted octanol–water partition coefficient (Wildman–Crippen LogP) is 6.64. The molecule has 0 saturated carbocycles. The second-order valence-corrected chi connectivity index (χ2v) is 7.64. The van der Waals surface area contributed by atoms with Crippen LogP contribution in [0.5, 0.6) is 0 Å². The minimum Gasteiger partial charge on any atom is -0.103 e. The smallest absolute Gasteiger partial charge is 0.0185 e. The second-order valence-electron chi connectivity index (χ2n) is 4.77. The number of rotatable bonds is 13. The van der Waals surface area contributed by atoms with Gasteiger partial charge in [0.05, 0.1) is 0 Å². The molecule has 18 heavy (non-hydrogen) atoms. The van der Waals surface area contributed by atoms with E-state index in [1.54, 1.807) is 0 Å². The number of hydrogen-bond donors (Lipinski definition) is 0. The summed E-state index contributed by atoms with van der Waals surface area (Å²) >= 11 is 0. The summed E-state index contributed by atoms with van der Waals surface area (Å²) < 4.78 is 0. The van der Waals surface area contributed by atoms with Gasteiger partial charge in [0.1, 0.15) is 0 Å². The quantitative estimate of drug-likeness (QED) is 0.275. The molecule has 0 amide bonds. The Hall–Kier alpha value is 0.180. The normalized spacial score (nSPS) is 14.1. The maximum atomic E-state index is 3.88. The average molecular weight is 287 g/mol. The van der Waals surface area contributed by atoms with Gasteiger partial charge < -0.3 is 0 Å². The van der Waals surface area contributed by atoms with Gasteiger partial charge >= 0.3 is 0 Å². The topological polar surface area (TPSA) is 0 Å². The lowest BCUT2D eigenvalue weighted by atomic mass is 10.1. The van der Waals surface area contributed by atoms with Gasteiger partial charge in [-0.25, -0.2) is 0 Å². The van der Waals surface area contributed by atoms with Crippen molar-refractivity contribution >= 4 is 21.6 Å². The maximum absolute atomic E-state index is 3.88. The fourth-order valence-electron chi connectivity index (χ4n) is 1.80. The zero-order valence-electron chi connectivity index (χ0n) is 12.2. The highest BCUT2D eigenvalue weighted by Crippen LogP contribution is 2.38. The molecule has 0 spiro atoms. The lowest BCUT2D eigenvalue weighted by molar-refractivity contribution is 0.686. The first-order valence-electron chi connectivity index (χ1n) is 7.32. The van der Waals surface area contributed by atoms with Crippen molar-refractivity contribution < 1.29 is 0 Å². The Balaban J connectivity index is 3.99. The standard InChI is InChI=1S/C16H30S2/c1-5-9-13-15(11-7-3)17-18-16(12-8-4)14-10-6-2/h7-8,15-16H,3-6,9-14H2,1-2H3. The van der Waals surface area contributed by atoms with Gasteiger partial charge in [0.25, 0.3) is 0 Å². The predicted molar refractivity (Wildman–Crippen MR) is 91.4 cm³/mol. The van der Waals surface area contributed by atoms with Crippen LogP contribution in [0.1, 0.15) is 65.2 Å². The molecule has 0 saturated heterocycles. The van der Waals surface area contributed by atoms with Crippen LogP contribution in [-0.2, 0) is 0 Å². The van der Waals surface area contributed by atoms with Gasteiger partial charge in [-0.3, -0.25) is 0 Å². The molecule has 0 bridgehead atoms. The van der Waals surface area contributed by atoms with Crippen molar-refractivity contribution in [2.24, 2.45) is 0 Å². The van der Waals surface area contributed by atoms with Crippen LogP contribution in [0.15, 0.2) is 25.3 Å². The maximum Gasteiger partial charge on any atom is 0.0185 e. The molecule has 0 aliphatic heterocycles. The minimum atomic E-state index is 0.751. The first kappa shape index (κ1) is 18.2. The molecule has 0 nitrogen and oxygen atoms in total. The molecule has 0 fully saturated rings. The largest absolute Gasteiger partial charge is 0.103 e. The van der Waals surface area contributed by atoms with E-state index < -0.39 is 0 Å². The summed E-state index contributed by atoms with van der Waals surface area (Å²) in [7, 11) is 4.16. The Morgan fingerprint density at radius 1 is 0.833 bits per heavy atom. The Bertz CT molecular complexity index is 179. The highest BCUT2D eigenvalue weighted by molar-refractivity contribution is 8.77. The monoisotopic (exact) mass is 286 g/mol. The van der Waals surface area contributed by atoms with Crippen LogP contribution in [0.3, 0.4) is 0 Å². The molecule has 2 unspecified atom stereocenters. The summed E-state index contributed by atoms with van der Waals surface area (Å²) in [5.41, 5.74) is 0. The van der Waals surface area contributed by atoms with Gasteiger partial charge in [-0.15, -0.1) is 13.2 Å². The van der Waals surface area contributed by atoms with E-state index in [2.05, 4.69) is 60.7 Å². The van der Waals surface area contributed by atoms with Gasteiger partial charge in [0.2, 0.25) is 0 Å². The van der Waals surface area contributed by atoms with Crippen molar-refractivity contribution in [3.8, 4) is 0 Å². The van der Waals surface area contributed by atoms with E-state index in [1.165, 1.54) is 38.5 Å². The van der Waals surface area contributed by atoms with Crippen molar-refractivity contribution in [2.45, 2.75) is 75.7 Å². The summed E-state index contributed by atoms with van der Waals surface area (Å²) in [4.78, 5) is 0. The molecule has 0 radical (unpaired) electrons. The first-order chi connectivity index (χ1) is 8.78. The van der Waals surface area contributed by atoms with E-state index >= 15 is 0 Å². The van der Waals surface area contributed by atoms with Crippen molar-refractivity contribution in [1.29, 1.82) is 0 Å². The highest BCUT2D eigenvalue weighted by Gasteiger charge is 2.13. The molecule has 2 atom stereocenters. The van der Waals surface area contributed by atoms with Crippen LogP contribution in [0.25, 0.3) is 0 Å². The molecular formula is C16H30S2. The van der Waals surface area contributed by atoms with Gasteiger partial charge in [-0.05, 0) is 25.7 Å². The Morgan fingerprint density at radius 2 is 1.22 bits per heavy atom. The van der Waals surface area contributed by atoms with E-state index in [4.69, 9.17) is 0 Å². The van der Waals surface area contributed by atoms with Crippen LogP contribution in [0.4, 0.5) is 0 Å². The molecule has 0 N–H and O–H groups in total. The first-order valence-corrected chi connectivity index (χ1v) is 9.59. The molecule has 0 aliphatic carbocycles. The summed E-state index contributed by atoms with van der Waals surface area (Å²) in [6, 6.07) is 0. The van der Waals surface area contributed by atoms with Gasteiger partial charge in [-0.1, -0.05) is 73.3 Å². The third-order valence-corrected chi connectivity index (χ3v) is 6.42.